The van der Waals surface area contributed by atoms with Gasteiger partial charge in [0.25, 0.3) is 5.91 Å². The molecule has 0 unspecified atom stereocenters. The third-order valence-corrected chi connectivity index (χ3v) is 5.81. The molecule has 1 N–H and O–H groups in total. The van der Waals surface area contributed by atoms with Gasteiger partial charge in [-0.25, -0.2) is 0 Å². The molecule has 2 heterocycles. The van der Waals surface area contributed by atoms with Crippen molar-refractivity contribution in [2.45, 2.75) is 19.4 Å². The number of rotatable bonds is 6. The predicted molar refractivity (Wildman–Crippen MR) is 120 cm³/mol. The van der Waals surface area contributed by atoms with Crippen molar-refractivity contribution in [3.63, 3.8) is 0 Å². The quantitative estimate of drug-likeness (QED) is 0.652. The molecule has 1 aliphatic heterocycles. The van der Waals surface area contributed by atoms with Crippen molar-refractivity contribution in [2.75, 3.05) is 25.0 Å². The van der Waals surface area contributed by atoms with E-state index in [4.69, 9.17) is 4.42 Å². The van der Waals surface area contributed by atoms with Crippen LogP contribution in [-0.4, -0.2) is 36.9 Å². The molecule has 6 heteroatoms. The van der Waals surface area contributed by atoms with Crippen LogP contribution in [0.4, 0.5) is 11.4 Å². The molecule has 1 aromatic heterocycles. The Kier molecular flexibility index (Phi) is 6.36. The van der Waals surface area contributed by atoms with Gasteiger partial charge in [0, 0.05) is 31.7 Å². The van der Waals surface area contributed by atoms with Crippen molar-refractivity contribution in [1.29, 1.82) is 0 Å². The lowest BCUT2D eigenvalue weighted by atomic mass is 9.95. The Morgan fingerprint density at radius 3 is 2.42 bits per heavy atom. The third-order valence-electron chi connectivity index (χ3n) is 5.81. The maximum Gasteiger partial charge on any atom is 0.255 e. The fourth-order valence-electron chi connectivity index (χ4n) is 3.98. The lowest BCUT2D eigenvalue weighted by Gasteiger charge is -2.32. The summed E-state index contributed by atoms with van der Waals surface area (Å²) in [6, 6.07) is 21.3. The van der Waals surface area contributed by atoms with Crippen molar-refractivity contribution in [1.82, 2.24) is 10.2 Å². The molecule has 160 valence electrons. The standard InChI is InChI=1S/C25H27N3O3/c1-27(20-8-3-2-4-9-20)23-12-6-5-11-22(23)25(30)28-15-13-19(14-16-28)24(29)26-18-21-10-7-17-31-21/h2-12,17,19H,13-16,18H2,1H3,(H,26,29). The number of amides is 2. The molecule has 1 aliphatic rings. The van der Waals surface area contributed by atoms with Crippen molar-refractivity contribution in [2.24, 2.45) is 5.92 Å². The van der Waals surface area contributed by atoms with E-state index in [0.717, 1.165) is 17.1 Å². The van der Waals surface area contributed by atoms with Crippen LogP contribution in [0.25, 0.3) is 0 Å². The summed E-state index contributed by atoms with van der Waals surface area (Å²) in [5.74, 6) is 0.682. The fraction of sp³-hybridized carbons (Fsp3) is 0.280. The number of hydrogen-bond donors (Lipinski definition) is 1. The van der Waals surface area contributed by atoms with Crippen LogP contribution in [0.1, 0.15) is 29.0 Å². The summed E-state index contributed by atoms with van der Waals surface area (Å²) in [5, 5.41) is 2.93. The number of carbonyl (C=O) groups is 2. The molecule has 0 spiro atoms. The van der Waals surface area contributed by atoms with Gasteiger partial charge in [-0.1, -0.05) is 30.3 Å². The lowest BCUT2D eigenvalue weighted by molar-refractivity contribution is -0.126. The van der Waals surface area contributed by atoms with E-state index in [9.17, 15) is 9.59 Å². The van der Waals surface area contributed by atoms with Crippen LogP contribution in [0.2, 0.25) is 0 Å². The molecule has 0 aliphatic carbocycles. The van der Waals surface area contributed by atoms with E-state index >= 15 is 0 Å². The van der Waals surface area contributed by atoms with Crippen LogP contribution in [0, 0.1) is 5.92 Å². The molecule has 0 radical (unpaired) electrons. The van der Waals surface area contributed by atoms with E-state index in [2.05, 4.69) is 5.32 Å². The van der Waals surface area contributed by atoms with Crippen LogP contribution < -0.4 is 10.2 Å². The maximum absolute atomic E-state index is 13.3. The number of benzene rings is 2. The van der Waals surface area contributed by atoms with Crippen molar-refractivity contribution in [3.05, 3.63) is 84.3 Å². The van der Waals surface area contributed by atoms with E-state index in [1.54, 1.807) is 12.3 Å². The molecule has 0 bridgehead atoms. The Morgan fingerprint density at radius 2 is 1.71 bits per heavy atom. The first-order valence-electron chi connectivity index (χ1n) is 10.6. The van der Waals surface area contributed by atoms with Gasteiger partial charge < -0.3 is 19.5 Å². The molecule has 2 amide bonds. The number of likely N-dealkylation sites (tertiary alicyclic amines) is 1. The Bertz CT molecular complexity index is 1010. The first-order chi connectivity index (χ1) is 15.1. The summed E-state index contributed by atoms with van der Waals surface area (Å²) in [4.78, 5) is 29.7. The summed E-state index contributed by atoms with van der Waals surface area (Å²) >= 11 is 0. The van der Waals surface area contributed by atoms with Gasteiger partial charge in [-0.2, -0.15) is 0 Å². The fourth-order valence-corrected chi connectivity index (χ4v) is 3.98. The Balaban J connectivity index is 1.38. The van der Waals surface area contributed by atoms with Gasteiger partial charge in [0.15, 0.2) is 0 Å². The number of nitrogens with zero attached hydrogens (tertiary/aromatic N) is 2. The largest absolute Gasteiger partial charge is 0.467 e. The number of carbonyl (C=O) groups excluding carboxylic acids is 2. The zero-order valence-electron chi connectivity index (χ0n) is 17.7. The Labute approximate surface area is 182 Å². The number of hydrogen-bond acceptors (Lipinski definition) is 4. The van der Waals surface area contributed by atoms with E-state index in [-0.39, 0.29) is 17.7 Å². The topological polar surface area (TPSA) is 65.8 Å². The molecule has 31 heavy (non-hydrogen) atoms. The molecule has 1 fully saturated rings. The number of furan rings is 1. The first-order valence-corrected chi connectivity index (χ1v) is 10.6. The summed E-state index contributed by atoms with van der Waals surface area (Å²) < 4.78 is 5.26. The number of piperidine rings is 1. The monoisotopic (exact) mass is 417 g/mol. The second kappa shape index (κ2) is 9.51. The number of para-hydroxylation sites is 2. The highest BCUT2D eigenvalue weighted by Gasteiger charge is 2.29. The molecular weight excluding hydrogens is 390 g/mol. The second-order valence-electron chi connectivity index (χ2n) is 7.78. The predicted octanol–water partition coefficient (Wildman–Crippen LogP) is 4.22. The molecule has 1 saturated heterocycles. The molecular formula is C25H27N3O3. The van der Waals surface area contributed by atoms with Crippen molar-refractivity contribution < 1.29 is 14.0 Å². The van der Waals surface area contributed by atoms with Crippen LogP contribution in [0.15, 0.2) is 77.4 Å². The smallest absolute Gasteiger partial charge is 0.255 e. The summed E-state index contributed by atoms with van der Waals surface area (Å²) in [5.41, 5.74) is 2.57. The number of nitrogens with one attached hydrogen (secondary N) is 1. The highest BCUT2D eigenvalue weighted by molar-refractivity contribution is 6.00. The van der Waals surface area contributed by atoms with Gasteiger partial charge in [0.05, 0.1) is 24.1 Å². The van der Waals surface area contributed by atoms with E-state index in [1.165, 1.54) is 0 Å². The molecule has 2 aromatic carbocycles. The van der Waals surface area contributed by atoms with Gasteiger partial charge in [-0.15, -0.1) is 0 Å². The van der Waals surface area contributed by atoms with Crippen LogP contribution >= 0.6 is 0 Å². The van der Waals surface area contributed by atoms with Crippen molar-refractivity contribution in [3.8, 4) is 0 Å². The lowest BCUT2D eigenvalue weighted by Crippen LogP contribution is -2.43. The third kappa shape index (κ3) is 4.79. The zero-order valence-corrected chi connectivity index (χ0v) is 17.7. The SMILES string of the molecule is CN(c1ccccc1)c1ccccc1C(=O)N1CCC(C(=O)NCc2ccco2)CC1. The maximum atomic E-state index is 13.3. The van der Waals surface area contributed by atoms with Gasteiger partial charge in [-0.3, -0.25) is 9.59 Å². The van der Waals surface area contributed by atoms with E-state index < -0.39 is 0 Å². The summed E-state index contributed by atoms with van der Waals surface area (Å²) in [7, 11) is 1.97. The van der Waals surface area contributed by atoms with Gasteiger partial charge in [0.2, 0.25) is 5.91 Å². The molecule has 3 aromatic rings. The van der Waals surface area contributed by atoms with Crippen LogP contribution in [-0.2, 0) is 11.3 Å². The van der Waals surface area contributed by atoms with Gasteiger partial charge in [0.1, 0.15) is 5.76 Å². The number of anilines is 2. The molecule has 4 rings (SSSR count). The Hall–Kier alpha value is -3.54. The molecule has 6 nitrogen and oxygen atoms in total. The van der Waals surface area contributed by atoms with E-state index in [1.807, 2.05) is 77.5 Å². The summed E-state index contributed by atoms with van der Waals surface area (Å²) in [6.45, 7) is 1.53. The molecule has 0 saturated carbocycles. The Morgan fingerprint density at radius 1 is 1.00 bits per heavy atom. The summed E-state index contributed by atoms with van der Waals surface area (Å²) in [6.07, 6.45) is 2.91. The minimum atomic E-state index is -0.0822. The van der Waals surface area contributed by atoms with Crippen molar-refractivity contribution >= 4 is 23.2 Å². The normalized spacial score (nSPS) is 14.3. The highest BCUT2D eigenvalue weighted by atomic mass is 16.3. The van der Waals surface area contributed by atoms with E-state index in [0.29, 0.717) is 38.0 Å². The van der Waals surface area contributed by atoms with Gasteiger partial charge in [-0.05, 0) is 49.2 Å². The van der Waals surface area contributed by atoms with Crippen LogP contribution in [0.3, 0.4) is 0 Å². The first kappa shape index (κ1) is 20.7. The highest BCUT2D eigenvalue weighted by Crippen LogP contribution is 2.29. The molecule has 0 atom stereocenters. The van der Waals surface area contributed by atoms with Crippen LogP contribution in [0.5, 0.6) is 0 Å². The second-order valence-corrected chi connectivity index (χ2v) is 7.78. The zero-order chi connectivity index (χ0) is 21.6. The minimum absolute atomic E-state index is 0.00725. The average molecular weight is 418 g/mol. The average Bonchev–Trinajstić information content (AvgIpc) is 3.36. The minimum Gasteiger partial charge on any atom is -0.467 e. The van der Waals surface area contributed by atoms with Gasteiger partial charge >= 0.3 is 0 Å².